The maximum absolute atomic E-state index is 12.9. The molecule has 0 fully saturated rings. The second-order valence-corrected chi connectivity index (χ2v) is 7.43. The Morgan fingerprint density at radius 3 is 2.63 bits per heavy atom. The minimum atomic E-state index is -4.65. The summed E-state index contributed by atoms with van der Waals surface area (Å²) in [6.45, 7) is 3.89. The maximum atomic E-state index is 12.9. The molecule has 7 nitrogen and oxygen atoms in total. The van der Waals surface area contributed by atoms with E-state index in [1.165, 1.54) is 13.2 Å². The molecule has 3 rings (SSSR count). The summed E-state index contributed by atoms with van der Waals surface area (Å²) < 4.78 is 45.5. The van der Waals surface area contributed by atoms with Crippen molar-refractivity contribution in [1.82, 2.24) is 14.8 Å². The molecule has 10 heteroatoms. The van der Waals surface area contributed by atoms with Gasteiger partial charge in [-0.25, -0.2) is 4.98 Å². The number of halogens is 3. The molecule has 2 N–H and O–H groups in total. The van der Waals surface area contributed by atoms with Gasteiger partial charge in [0.15, 0.2) is 0 Å². The molecule has 0 bridgehead atoms. The molecule has 0 atom stereocenters. The Hall–Kier alpha value is -3.14. The summed E-state index contributed by atoms with van der Waals surface area (Å²) in [6, 6.07) is 6.35. The summed E-state index contributed by atoms with van der Waals surface area (Å²) >= 11 is 0. The van der Waals surface area contributed by atoms with Gasteiger partial charge in [-0.05, 0) is 38.5 Å². The fourth-order valence-corrected chi connectivity index (χ4v) is 2.78. The Morgan fingerprint density at radius 1 is 1.27 bits per heavy atom. The van der Waals surface area contributed by atoms with E-state index in [0.29, 0.717) is 29.6 Å². The number of ether oxygens (including phenoxy) is 1. The molecule has 0 aliphatic rings. The van der Waals surface area contributed by atoms with E-state index in [9.17, 15) is 23.1 Å². The van der Waals surface area contributed by atoms with Crippen LogP contribution in [0.5, 0.6) is 5.75 Å². The molecule has 160 valence electrons. The van der Waals surface area contributed by atoms with Crippen molar-refractivity contribution in [2.24, 2.45) is 0 Å². The molecule has 1 aromatic carbocycles. The second kappa shape index (κ2) is 7.94. The first-order valence-electron chi connectivity index (χ1n) is 9.09. The van der Waals surface area contributed by atoms with Crippen molar-refractivity contribution in [3.63, 3.8) is 0 Å². The molecule has 0 aliphatic carbocycles. The molecular weight excluding hydrogens is 401 g/mol. The van der Waals surface area contributed by atoms with Gasteiger partial charge in [0.25, 0.3) is 5.91 Å². The number of benzene rings is 1. The van der Waals surface area contributed by atoms with E-state index in [4.69, 9.17) is 4.74 Å². The Kier molecular flexibility index (Phi) is 5.71. The summed E-state index contributed by atoms with van der Waals surface area (Å²) in [4.78, 5) is 15.9. The average Bonchev–Trinajstić information content (AvgIpc) is 3.06. The van der Waals surface area contributed by atoms with E-state index in [1.807, 2.05) is 0 Å². The number of rotatable bonds is 6. The third-order valence-electron chi connectivity index (χ3n) is 4.35. The minimum Gasteiger partial charge on any atom is -0.494 e. The maximum Gasteiger partial charge on any atom is 0.433 e. The normalized spacial score (nSPS) is 12.2. The highest BCUT2D eigenvalue weighted by atomic mass is 19.4. The largest absolute Gasteiger partial charge is 0.494 e. The molecule has 2 aromatic heterocycles. The monoisotopic (exact) mass is 422 g/mol. The van der Waals surface area contributed by atoms with Gasteiger partial charge >= 0.3 is 6.18 Å². The summed E-state index contributed by atoms with van der Waals surface area (Å²) in [5.41, 5.74) is -1.47. The number of nitrogens with zero attached hydrogens (tertiary/aromatic N) is 3. The van der Waals surface area contributed by atoms with Crippen LogP contribution in [0.3, 0.4) is 0 Å². The van der Waals surface area contributed by atoms with Crippen molar-refractivity contribution in [1.29, 1.82) is 0 Å². The van der Waals surface area contributed by atoms with E-state index in [1.54, 1.807) is 36.9 Å². The third kappa shape index (κ3) is 5.07. The lowest BCUT2D eigenvalue weighted by Gasteiger charge is -2.16. The van der Waals surface area contributed by atoms with Gasteiger partial charge in [-0.3, -0.25) is 9.48 Å². The van der Waals surface area contributed by atoms with Crippen LogP contribution in [-0.2, 0) is 12.7 Å². The number of aromatic nitrogens is 3. The van der Waals surface area contributed by atoms with Crippen LogP contribution >= 0.6 is 0 Å². The van der Waals surface area contributed by atoms with Gasteiger partial charge in [0.2, 0.25) is 0 Å². The van der Waals surface area contributed by atoms with Gasteiger partial charge < -0.3 is 15.2 Å². The smallest absolute Gasteiger partial charge is 0.433 e. The number of pyridine rings is 1. The highest BCUT2D eigenvalue weighted by Crippen LogP contribution is 2.31. The number of carbonyl (C=O) groups excluding carboxylic acids is 1. The number of alkyl halides is 3. The summed E-state index contributed by atoms with van der Waals surface area (Å²) in [6.07, 6.45) is -2.41. The molecule has 0 saturated carbocycles. The number of carbonyl (C=O) groups is 1. The fraction of sp³-hybridized carbons (Fsp3) is 0.350. The van der Waals surface area contributed by atoms with Crippen molar-refractivity contribution in [2.45, 2.75) is 38.6 Å². The van der Waals surface area contributed by atoms with Gasteiger partial charge in [0.1, 0.15) is 17.1 Å². The van der Waals surface area contributed by atoms with Crippen LogP contribution in [0.4, 0.5) is 18.9 Å². The zero-order valence-corrected chi connectivity index (χ0v) is 16.6. The zero-order chi connectivity index (χ0) is 22.1. The van der Waals surface area contributed by atoms with Crippen molar-refractivity contribution >= 4 is 22.5 Å². The van der Waals surface area contributed by atoms with Crippen LogP contribution in [0.15, 0.2) is 36.5 Å². The Bertz CT molecular complexity index is 1070. The first kappa shape index (κ1) is 21.6. The van der Waals surface area contributed by atoms with Crippen LogP contribution < -0.4 is 10.1 Å². The predicted molar refractivity (Wildman–Crippen MR) is 104 cm³/mol. The molecular formula is C20H21F3N4O3. The molecule has 1 amide bonds. The highest BCUT2D eigenvalue weighted by molar-refractivity contribution is 6.05. The van der Waals surface area contributed by atoms with Crippen LogP contribution in [0.1, 0.15) is 36.5 Å². The summed E-state index contributed by atoms with van der Waals surface area (Å²) in [5.74, 6) is -0.497. The van der Waals surface area contributed by atoms with E-state index in [0.717, 1.165) is 12.1 Å². The number of methoxy groups -OCH3 is 1. The molecule has 0 saturated heterocycles. The van der Waals surface area contributed by atoms with Crippen LogP contribution in [0.25, 0.3) is 10.9 Å². The van der Waals surface area contributed by atoms with Gasteiger partial charge in [-0.1, -0.05) is 6.07 Å². The van der Waals surface area contributed by atoms with Crippen LogP contribution in [0, 0.1) is 0 Å². The van der Waals surface area contributed by atoms with E-state index in [2.05, 4.69) is 15.4 Å². The number of hydrogen-bond donors (Lipinski definition) is 2. The van der Waals surface area contributed by atoms with Crippen LogP contribution in [-0.4, -0.2) is 38.5 Å². The fourth-order valence-electron chi connectivity index (χ4n) is 2.78. The highest BCUT2D eigenvalue weighted by Gasteiger charge is 2.33. The molecule has 0 aliphatic heterocycles. The molecule has 3 aromatic rings. The predicted octanol–water partition coefficient (Wildman–Crippen LogP) is 3.87. The molecule has 0 radical (unpaired) electrons. The van der Waals surface area contributed by atoms with Gasteiger partial charge in [-0.2, -0.15) is 18.3 Å². The molecule has 2 heterocycles. The lowest BCUT2D eigenvalue weighted by Crippen LogP contribution is -2.21. The van der Waals surface area contributed by atoms with Gasteiger partial charge in [0.05, 0.1) is 23.9 Å². The average molecular weight is 422 g/mol. The van der Waals surface area contributed by atoms with Gasteiger partial charge in [0, 0.05) is 24.2 Å². The van der Waals surface area contributed by atoms with E-state index >= 15 is 0 Å². The summed E-state index contributed by atoms with van der Waals surface area (Å²) in [7, 11) is 1.41. The van der Waals surface area contributed by atoms with Crippen molar-refractivity contribution in [3.05, 3.63) is 47.9 Å². The Labute approximate surface area is 170 Å². The molecule has 0 spiro atoms. The topological polar surface area (TPSA) is 89.3 Å². The number of aryl methyl sites for hydroxylation is 1. The lowest BCUT2D eigenvalue weighted by molar-refractivity contribution is -0.141. The van der Waals surface area contributed by atoms with Crippen LogP contribution in [0.2, 0.25) is 0 Å². The Balaban J connectivity index is 1.87. The van der Waals surface area contributed by atoms with E-state index in [-0.39, 0.29) is 11.4 Å². The molecule has 0 unspecified atom stereocenters. The standard InChI is InChI=1S/C20H21F3N4O3/c1-19(2,29)7-8-27-11-12-9-15(16(30-3)10-14(12)26-27)25-18(28)13-5-4-6-17(24-13)20(21,22)23/h4-6,9-11,29H,7-8H2,1-3H3,(H,25,28). The minimum absolute atomic E-state index is 0.274. The second-order valence-electron chi connectivity index (χ2n) is 7.43. The number of aliphatic hydroxyl groups is 1. The number of fused-ring (bicyclic) bond motifs is 1. The van der Waals surface area contributed by atoms with Crippen molar-refractivity contribution in [3.8, 4) is 5.75 Å². The van der Waals surface area contributed by atoms with E-state index < -0.39 is 23.4 Å². The number of amides is 1. The number of hydrogen-bond acceptors (Lipinski definition) is 5. The number of anilines is 1. The Morgan fingerprint density at radius 2 is 2.00 bits per heavy atom. The quantitative estimate of drug-likeness (QED) is 0.630. The third-order valence-corrected chi connectivity index (χ3v) is 4.35. The summed E-state index contributed by atoms with van der Waals surface area (Å²) in [5, 5.41) is 17.5. The first-order chi connectivity index (χ1) is 14.0. The van der Waals surface area contributed by atoms with Gasteiger partial charge in [-0.15, -0.1) is 0 Å². The van der Waals surface area contributed by atoms with Crippen molar-refractivity contribution in [2.75, 3.05) is 12.4 Å². The lowest BCUT2D eigenvalue weighted by atomic mass is 10.1. The number of nitrogens with one attached hydrogen (secondary N) is 1. The zero-order valence-electron chi connectivity index (χ0n) is 16.6. The molecule has 30 heavy (non-hydrogen) atoms. The van der Waals surface area contributed by atoms with Crippen molar-refractivity contribution < 1.29 is 27.8 Å². The SMILES string of the molecule is COc1cc2nn(CCC(C)(C)O)cc2cc1NC(=O)c1cccc(C(F)(F)F)n1. The first-order valence-corrected chi connectivity index (χ1v) is 9.09.